The molecule has 0 radical (unpaired) electrons. The molecule has 0 amide bonds. The molecule has 0 spiro atoms. The minimum Gasteiger partial charge on any atom is -0.478 e. The molecule has 1 aromatic rings. The molecular weight excluding hydrogens is 279 g/mol. The van der Waals surface area contributed by atoms with Crippen molar-refractivity contribution in [2.45, 2.75) is 44.7 Å². The predicted octanol–water partition coefficient (Wildman–Crippen LogP) is 3.05. The van der Waals surface area contributed by atoms with Crippen LogP contribution in [-0.2, 0) is 11.0 Å². The van der Waals surface area contributed by atoms with Crippen molar-refractivity contribution in [3.8, 4) is 0 Å². The van der Waals surface area contributed by atoms with Gasteiger partial charge >= 0.3 is 13.6 Å². The van der Waals surface area contributed by atoms with Crippen molar-refractivity contribution in [1.82, 2.24) is 0 Å². The predicted molar refractivity (Wildman–Crippen MR) is 77.1 cm³/mol. The van der Waals surface area contributed by atoms with Gasteiger partial charge in [0.25, 0.3) is 0 Å². The number of hydrogen-bond acceptors (Lipinski definition) is 2. The van der Waals surface area contributed by atoms with E-state index in [9.17, 15) is 19.1 Å². The van der Waals surface area contributed by atoms with Crippen LogP contribution in [0, 0.1) is 0 Å². The Morgan fingerprint density at radius 1 is 1.20 bits per heavy atom. The summed E-state index contributed by atoms with van der Waals surface area (Å²) in [5.41, 5.74) is 0.913. The van der Waals surface area contributed by atoms with Crippen molar-refractivity contribution < 1.29 is 24.3 Å². The molecule has 3 N–H and O–H groups in total. The fraction of sp³-hybridized carbons (Fsp3) is 0.500. The maximum Gasteiger partial charge on any atom is 0.335 e. The van der Waals surface area contributed by atoms with Crippen molar-refractivity contribution in [3.05, 3.63) is 35.4 Å². The Kier molecular flexibility index (Phi) is 5.51. The van der Waals surface area contributed by atoms with E-state index in [0.717, 1.165) is 5.56 Å². The molecule has 0 aliphatic carbocycles. The molecule has 0 fully saturated rings. The van der Waals surface area contributed by atoms with Crippen LogP contribution in [0.5, 0.6) is 0 Å². The molecule has 0 aliphatic heterocycles. The molecule has 0 aliphatic rings. The SMILES string of the molecule is CCCC(CC)(Cc1ccc(C(=O)O)cc1)P(=O)(O)O. The van der Waals surface area contributed by atoms with Crippen molar-refractivity contribution in [3.63, 3.8) is 0 Å². The zero-order valence-corrected chi connectivity index (χ0v) is 12.6. The topological polar surface area (TPSA) is 94.8 Å². The first-order valence-corrected chi connectivity index (χ1v) is 8.25. The highest BCUT2D eigenvalue weighted by Crippen LogP contribution is 2.56. The van der Waals surface area contributed by atoms with Gasteiger partial charge in [-0.1, -0.05) is 32.4 Å². The molecule has 112 valence electrons. The molecule has 1 aromatic carbocycles. The molecule has 0 heterocycles. The first-order valence-electron chi connectivity index (χ1n) is 6.63. The summed E-state index contributed by atoms with van der Waals surface area (Å²) in [4.78, 5) is 30.2. The standard InChI is InChI=1S/C14H21O5P/c1-3-9-14(4-2,20(17,18)19)10-11-5-7-12(8-6-11)13(15)16/h5-8H,3-4,9-10H2,1-2H3,(H,15,16)(H2,17,18,19). The van der Waals surface area contributed by atoms with Gasteiger partial charge in [-0.2, -0.15) is 0 Å². The van der Waals surface area contributed by atoms with E-state index in [1.807, 2.05) is 6.92 Å². The fourth-order valence-corrected chi connectivity index (χ4v) is 3.77. The van der Waals surface area contributed by atoms with Crippen molar-refractivity contribution in [1.29, 1.82) is 0 Å². The first kappa shape index (κ1) is 16.9. The molecule has 1 rings (SSSR count). The van der Waals surface area contributed by atoms with E-state index < -0.39 is 18.7 Å². The molecule has 0 saturated carbocycles. The number of carboxylic acid groups (broad SMARTS) is 1. The van der Waals surface area contributed by atoms with E-state index in [2.05, 4.69) is 0 Å². The van der Waals surface area contributed by atoms with E-state index in [0.29, 0.717) is 19.3 Å². The number of carboxylic acids is 1. The average Bonchev–Trinajstić information content (AvgIpc) is 2.37. The monoisotopic (exact) mass is 300 g/mol. The molecule has 1 atom stereocenters. The highest BCUT2D eigenvalue weighted by molar-refractivity contribution is 7.53. The summed E-state index contributed by atoms with van der Waals surface area (Å²) >= 11 is 0. The maximum absolute atomic E-state index is 11.9. The summed E-state index contributed by atoms with van der Waals surface area (Å²) < 4.78 is 11.9. The van der Waals surface area contributed by atoms with Crippen molar-refractivity contribution in [2.24, 2.45) is 0 Å². The smallest absolute Gasteiger partial charge is 0.335 e. The van der Waals surface area contributed by atoms with Gasteiger partial charge < -0.3 is 14.9 Å². The second-order valence-electron chi connectivity index (χ2n) is 5.05. The third-order valence-electron chi connectivity index (χ3n) is 3.73. The normalized spacial score (nSPS) is 14.8. The summed E-state index contributed by atoms with van der Waals surface area (Å²) in [6.07, 6.45) is 1.76. The number of rotatable bonds is 7. The van der Waals surface area contributed by atoms with Crippen LogP contribution in [0.3, 0.4) is 0 Å². The largest absolute Gasteiger partial charge is 0.478 e. The Hall–Kier alpha value is -1.16. The summed E-state index contributed by atoms with van der Waals surface area (Å²) in [5.74, 6) is -1.01. The molecule has 0 saturated heterocycles. The minimum atomic E-state index is -4.24. The van der Waals surface area contributed by atoms with E-state index in [1.165, 1.54) is 12.1 Å². The van der Waals surface area contributed by atoms with E-state index in [1.54, 1.807) is 19.1 Å². The number of aromatic carboxylic acids is 1. The second-order valence-corrected chi connectivity index (χ2v) is 7.09. The zero-order chi connectivity index (χ0) is 15.4. The van der Waals surface area contributed by atoms with Crippen molar-refractivity contribution >= 4 is 13.6 Å². The zero-order valence-electron chi connectivity index (χ0n) is 11.7. The van der Waals surface area contributed by atoms with Gasteiger partial charge in [0, 0.05) is 0 Å². The molecule has 6 heteroatoms. The maximum atomic E-state index is 11.9. The minimum absolute atomic E-state index is 0.169. The summed E-state index contributed by atoms with van der Waals surface area (Å²) in [6, 6.07) is 6.17. The van der Waals surface area contributed by atoms with Crippen LogP contribution in [0.25, 0.3) is 0 Å². The summed E-state index contributed by atoms with van der Waals surface area (Å²) in [5, 5.41) is 7.78. The lowest BCUT2D eigenvalue weighted by Gasteiger charge is -2.33. The highest BCUT2D eigenvalue weighted by Gasteiger charge is 2.44. The Balaban J connectivity index is 3.07. The average molecular weight is 300 g/mol. The van der Waals surface area contributed by atoms with Gasteiger partial charge in [0.15, 0.2) is 0 Å². The van der Waals surface area contributed by atoms with E-state index >= 15 is 0 Å². The lowest BCUT2D eigenvalue weighted by atomic mass is 9.91. The van der Waals surface area contributed by atoms with Gasteiger partial charge in [-0.05, 0) is 37.0 Å². The van der Waals surface area contributed by atoms with Crippen molar-refractivity contribution in [2.75, 3.05) is 0 Å². The lowest BCUT2D eigenvalue weighted by molar-refractivity contribution is 0.0697. The third-order valence-corrected chi connectivity index (χ3v) is 5.66. The first-order chi connectivity index (χ1) is 9.25. The van der Waals surface area contributed by atoms with Gasteiger partial charge in [-0.25, -0.2) is 4.79 Å². The molecule has 0 aromatic heterocycles. The van der Waals surface area contributed by atoms with Gasteiger partial charge in [0.1, 0.15) is 0 Å². The van der Waals surface area contributed by atoms with Crippen LogP contribution in [0.15, 0.2) is 24.3 Å². The van der Waals surface area contributed by atoms with Gasteiger partial charge in [-0.3, -0.25) is 4.57 Å². The molecular formula is C14H21O5P. The Morgan fingerprint density at radius 3 is 2.10 bits per heavy atom. The van der Waals surface area contributed by atoms with E-state index in [4.69, 9.17) is 5.11 Å². The summed E-state index contributed by atoms with van der Waals surface area (Å²) in [7, 11) is -4.24. The van der Waals surface area contributed by atoms with Crippen LogP contribution in [0.4, 0.5) is 0 Å². The van der Waals surface area contributed by atoms with Gasteiger partial charge in [0.05, 0.1) is 10.7 Å². The molecule has 0 bridgehead atoms. The summed E-state index contributed by atoms with van der Waals surface area (Å²) in [6.45, 7) is 3.67. The molecule has 1 unspecified atom stereocenters. The molecule has 20 heavy (non-hydrogen) atoms. The van der Waals surface area contributed by atoms with Crippen LogP contribution in [0.1, 0.15) is 49.0 Å². The van der Waals surface area contributed by atoms with E-state index in [-0.39, 0.29) is 12.0 Å². The lowest BCUT2D eigenvalue weighted by Crippen LogP contribution is -2.31. The quantitative estimate of drug-likeness (QED) is 0.673. The molecule has 5 nitrogen and oxygen atoms in total. The third kappa shape index (κ3) is 3.69. The Morgan fingerprint density at radius 2 is 1.75 bits per heavy atom. The van der Waals surface area contributed by atoms with Crippen LogP contribution >= 0.6 is 7.60 Å². The van der Waals surface area contributed by atoms with Crippen LogP contribution in [-0.4, -0.2) is 26.0 Å². The Labute approximate surface area is 118 Å². The van der Waals surface area contributed by atoms with Gasteiger partial charge in [0.2, 0.25) is 0 Å². The van der Waals surface area contributed by atoms with Crippen LogP contribution in [0.2, 0.25) is 0 Å². The van der Waals surface area contributed by atoms with Crippen LogP contribution < -0.4 is 0 Å². The number of carbonyl (C=O) groups is 1. The highest BCUT2D eigenvalue weighted by atomic mass is 31.2. The number of hydrogen-bond donors (Lipinski definition) is 3. The Bertz CT molecular complexity index is 505. The fourth-order valence-electron chi connectivity index (χ4n) is 2.46. The number of benzene rings is 1. The van der Waals surface area contributed by atoms with Gasteiger partial charge in [-0.15, -0.1) is 0 Å². The second kappa shape index (κ2) is 6.53.